The first-order valence-corrected chi connectivity index (χ1v) is 6.94. The number of Topliss-reactive ketones (excluding diaryl/α,β-unsaturated/α-hetero) is 1. The molecule has 9 heteroatoms. The standard InChI is InChI=1S/C16H13F2NO6/c1-23-12-6-7-15(13(8-12)19(21)22)24-9-14(20)10-2-4-11(5-3-10)25-16(17)18/h2-8,16H,9H2,1H3. The van der Waals surface area contributed by atoms with Crippen LogP contribution in [0.2, 0.25) is 0 Å². The fraction of sp³-hybridized carbons (Fsp3) is 0.188. The Morgan fingerprint density at radius 3 is 2.36 bits per heavy atom. The molecule has 2 aromatic rings. The molecule has 0 saturated heterocycles. The first-order chi connectivity index (χ1) is 11.9. The van der Waals surface area contributed by atoms with Crippen LogP contribution < -0.4 is 14.2 Å². The van der Waals surface area contributed by atoms with E-state index in [1.54, 1.807) is 0 Å². The van der Waals surface area contributed by atoms with Crippen molar-refractivity contribution >= 4 is 11.5 Å². The molecule has 0 aliphatic rings. The van der Waals surface area contributed by atoms with Crippen molar-refractivity contribution in [3.8, 4) is 17.2 Å². The van der Waals surface area contributed by atoms with Crippen molar-refractivity contribution in [2.45, 2.75) is 6.61 Å². The lowest BCUT2D eigenvalue weighted by atomic mass is 10.1. The van der Waals surface area contributed by atoms with Gasteiger partial charge in [0.25, 0.3) is 0 Å². The maximum atomic E-state index is 12.1. The third-order valence-corrected chi connectivity index (χ3v) is 3.12. The number of ketones is 1. The Kier molecular flexibility index (Phi) is 5.83. The summed E-state index contributed by atoms with van der Waals surface area (Å²) in [7, 11) is 1.37. The van der Waals surface area contributed by atoms with Crippen molar-refractivity contribution < 1.29 is 32.7 Å². The normalized spacial score (nSPS) is 10.4. The molecule has 0 spiro atoms. The number of hydrogen-bond donors (Lipinski definition) is 0. The number of carbonyl (C=O) groups excluding carboxylic acids is 1. The van der Waals surface area contributed by atoms with E-state index < -0.39 is 23.9 Å². The zero-order chi connectivity index (χ0) is 18.4. The van der Waals surface area contributed by atoms with E-state index in [0.29, 0.717) is 0 Å². The first-order valence-electron chi connectivity index (χ1n) is 6.94. The van der Waals surface area contributed by atoms with E-state index in [2.05, 4.69) is 4.74 Å². The Hall–Kier alpha value is -3.23. The van der Waals surface area contributed by atoms with E-state index in [9.17, 15) is 23.7 Å². The number of nitro benzene ring substituents is 1. The van der Waals surface area contributed by atoms with E-state index in [-0.39, 0.29) is 28.5 Å². The molecule has 2 rings (SSSR count). The van der Waals surface area contributed by atoms with Crippen LogP contribution in [0.25, 0.3) is 0 Å². The van der Waals surface area contributed by atoms with Gasteiger partial charge in [-0.2, -0.15) is 8.78 Å². The number of methoxy groups -OCH3 is 1. The summed E-state index contributed by atoms with van der Waals surface area (Å²) in [6.07, 6.45) is 0. The molecular formula is C16H13F2NO6. The van der Waals surface area contributed by atoms with Crippen molar-refractivity contribution in [2.24, 2.45) is 0 Å². The second-order valence-corrected chi connectivity index (χ2v) is 4.71. The SMILES string of the molecule is COc1ccc(OCC(=O)c2ccc(OC(F)F)cc2)c([N+](=O)[O-])c1. The van der Waals surface area contributed by atoms with Gasteiger partial charge < -0.3 is 14.2 Å². The maximum Gasteiger partial charge on any atom is 0.387 e. The Bertz CT molecular complexity index is 764. The van der Waals surface area contributed by atoms with Crippen LogP contribution in [0.4, 0.5) is 14.5 Å². The Morgan fingerprint density at radius 1 is 1.16 bits per heavy atom. The third kappa shape index (κ3) is 4.87. The highest BCUT2D eigenvalue weighted by Gasteiger charge is 2.18. The number of carbonyl (C=O) groups is 1. The number of rotatable bonds is 8. The van der Waals surface area contributed by atoms with Crippen LogP contribution in [-0.2, 0) is 0 Å². The average molecular weight is 353 g/mol. The largest absolute Gasteiger partial charge is 0.496 e. The summed E-state index contributed by atoms with van der Waals surface area (Å²) in [4.78, 5) is 22.4. The van der Waals surface area contributed by atoms with Gasteiger partial charge in [-0.1, -0.05) is 0 Å². The van der Waals surface area contributed by atoms with E-state index in [4.69, 9.17) is 9.47 Å². The van der Waals surface area contributed by atoms with E-state index in [1.807, 2.05) is 0 Å². The van der Waals surface area contributed by atoms with Crippen LogP contribution in [0, 0.1) is 10.1 Å². The summed E-state index contributed by atoms with van der Waals surface area (Å²) in [5, 5.41) is 11.0. The van der Waals surface area contributed by atoms with Crippen LogP contribution in [-0.4, -0.2) is 31.0 Å². The Labute approximate surface area is 140 Å². The molecule has 0 unspecified atom stereocenters. The molecule has 0 aliphatic heterocycles. The summed E-state index contributed by atoms with van der Waals surface area (Å²) in [5.41, 5.74) is -0.148. The highest BCUT2D eigenvalue weighted by atomic mass is 19.3. The van der Waals surface area contributed by atoms with Gasteiger partial charge >= 0.3 is 12.3 Å². The monoisotopic (exact) mass is 353 g/mol. The lowest BCUT2D eigenvalue weighted by Gasteiger charge is -2.08. The predicted octanol–water partition coefficient (Wildman–Crippen LogP) is 3.47. The fourth-order valence-electron chi connectivity index (χ4n) is 1.94. The summed E-state index contributed by atoms with van der Waals surface area (Å²) < 4.78 is 38.4. The van der Waals surface area contributed by atoms with Gasteiger partial charge in [0.2, 0.25) is 0 Å². The quantitative estimate of drug-likeness (QED) is 0.410. The molecule has 7 nitrogen and oxygen atoms in total. The molecule has 0 saturated carbocycles. The lowest BCUT2D eigenvalue weighted by Crippen LogP contribution is -2.12. The average Bonchev–Trinajstić information content (AvgIpc) is 2.59. The summed E-state index contributed by atoms with van der Waals surface area (Å²) in [5.74, 6) is -0.372. The predicted molar refractivity (Wildman–Crippen MR) is 82.5 cm³/mol. The van der Waals surface area contributed by atoms with Crippen LogP contribution in [0.1, 0.15) is 10.4 Å². The molecule has 0 amide bonds. The second-order valence-electron chi connectivity index (χ2n) is 4.71. The second kappa shape index (κ2) is 8.04. The van der Waals surface area contributed by atoms with Crippen molar-refractivity contribution in [1.29, 1.82) is 0 Å². The zero-order valence-electron chi connectivity index (χ0n) is 13.0. The summed E-state index contributed by atoms with van der Waals surface area (Å²) in [6, 6.07) is 8.99. The highest BCUT2D eigenvalue weighted by Crippen LogP contribution is 2.31. The van der Waals surface area contributed by atoms with Gasteiger partial charge in [-0.25, -0.2) is 0 Å². The molecule has 2 aromatic carbocycles. The molecule has 0 heterocycles. The van der Waals surface area contributed by atoms with Crippen LogP contribution >= 0.6 is 0 Å². The number of benzene rings is 2. The van der Waals surface area contributed by atoms with Gasteiger partial charge in [-0.15, -0.1) is 0 Å². The molecule has 0 aromatic heterocycles. The van der Waals surface area contributed by atoms with Crippen LogP contribution in [0.5, 0.6) is 17.2 Å². The topological polar surface area (TPSA) is 87.9 Å². The van der Waals surface area contributed by atoms with Crippen LogP contribution in [0.3, 0.4) is 0 Å². The molecular weight excluding hydrogens is 340 g/mol. The number of ether oxygens (including phenoxy) is 3. The highest BCUT2D eigenvalue weighted by molar-refractivity contribution is 5.97. The first kappa shape index (κ1) is 18.1. The van der Waals surface area contributed by atoms with Gasteiger partial charge in [-0.05, 0) is 36.4 Å². The molecule has 132 valence electrons. The van der Waals surface area contributed by atoms with Crippen LogP contribution in [0.15, 0.2) is 42.5 Å². The summed E-state index contributed by atoms with van der Waals surface area (Å²) >= 11 is 0. The van der Waals surface area contributed by atoms with Gasteiger partial charge in [0.15, 0.2) is 18.1 Å². The fourth-order valence-corrected chi connectivity index (χ4v) is 1.94. The minimum absolute atomic E-state index is 0.0849. The van der Waals surface area contributed by atoms with E-state index in [0.717, 1.165) is 0 Å². The Morgan fingerprint density at radius 2 is 1.80 bits per heavy atom. The van der Waals surface area contributed by atoms with Crippen molar-refractivity contribution in [3.63, 3.8) is 0 Å². The number of hydrogen-bond acceptors (Lipinski definition) is 6. The van der Waals surface area contributed by atoms with Gasteiger partial charge in [-0.3, -0.25) is 14.9 Å². The number of nitrogens with zero attached hydrogens (tertiary/aromatic N) is 1. The molecule has 0 bridgehead atoms. The molecule has 0 atom stereocenters. The maximum absolute atomic E-state index is 12.1. The van der Waals surface area contributed by atoms with Crippen molar-refractivity contribution in [3.05, 3.63) is 58.1 Å². The van der Waals surface area contributed by atoms with E-state index in [1.165, 1.54) is 49.6 Å². The molecule has 0 radical (unpaired) electrons. The number of nitro groups is 1. The minimum Gasteiger partial charge on any atom is -0.496 e. The summed E-state index contributed by atoms with van der Waals surface area (Å²) in [6.45, 7) is -3.41. The minimum atomic E-state index is -2.96. The molecule has 0 fully saturated rings. The lowest BCUT2D eigenvalue weighted by molar-refractivity contribution is -0.385. The molecule has 0 N–H and O–H groups in total. The zero-order valence-corrected chi connectivity index (χ0v) is 13.0. The van der Waals surface area contributed by atoms with Gasteiger partial charge in [0.05, 0.1) is 18.1 Å². The van der Waals surface area contributed by atoms with Crippen molar-refractivity contribution in [1.82, 2.24) is 0 Å². The Balaban J connectivity index is 2.06. The van der Waals surface area contributed by atoms with Gasteiger partial charge in [0, 0.05) is 5.56 Å². The van der Waals surface area contributed by atoms with E-state index >= 15 is 0 Å². The van der Waals surface area contributed by atoms with Crippen molar-refractivity contribution in [2.75, 3.05) is 13.7 Å². The smallest absolute Gasteiger partial charge is 0.387 e. The third-order valence-electron chi connectivity index (χ3n) is 3.12. The number of alkyl halides is 2. The molecule has 25 heavy (non-hydrogen) atoms. The molecule has 0 aliphatic carbocycles. The van der Waals surface area contributed by atoms with Gasteiger partial charge in [0.1, 0.15) is 11.5 Å². The number of halogens is 2.